The van der Waals surface area contributed by atoms with Gasteiger partial charge in [0, 0.05) is 11.7 Å². The number of aliphatic carboxylic acids is 1. The Balaban J connectivity index is 1.95. The predicted octanol–water partition coefficient (Wildman–Crippen LogP) is 2.87. The van der Waals surface area contributed by atoms with Crippen molar-refractivity contribution >= 4 is 39.2 Å². The van der Waals surface area contributed by atoms with E-state index in [0.29, 0.717) is 5.16 Å². The summed E-state index contributed by atoms with van der Waals surface area (Å²) in [6, 6.07) is 10.2. The Hall–Kier alpha value is -1.86. The van der Waals surface area contributed by atoms with Crippen LogP contribution in [0.1, 0.15) is 0 Å². The first kappa shape index (κ1) is 13.1. The first-order valence-corrected chi connectivity index (χ1v) is 7.68. The molecule has 0 amide bonds. The van der Waals surface area contributed by atoms with Crippen LogP contribution in [0.5, 0.6) is 0 Å². The van der Waals surface area contributed by atoms with E-state index in [9.17, 15) is 4.79 Å². The molecule has 102 valence electrons. The van der Waals surface area contributed by atoms with Crippen molar-refractivity contribution in [1.82, 2.24) is 14.8 Å². The van der Waals surface area contributed by atoms with Crippen molar-refractivity contribution in [3.05, 3.63) is 30.3 Å². The van der Waals surface area contributed by atoms with Gasteiger partial charge in [-0.15, -0.1) is 21.5 Å². The third kappa shape index (κ3) is 2.41. The number of hydrogen-bond acceptors (Lipinski definition) is 5. The molecule has 0 fully saturated rings. The highest BCUT2D eigenvalue weighted by atomic mass is 32.2. The number of fused-ring (bicyclic) bond motifs is 1. The number of nitrogens with zero attached hydrogens (tertiary/aromatic N) is 3. The largest absolute Gasteiger partial charge is 0.481 e. The van der Waals surface area contributed by atoms with Crippen LogP contribution in [0.3, 0.4) is 0 Å². The van der Waals surface area contributed by atoms with Crippen molar-refractivity contribution in [1.29, 1.82) is 0 Å². The summed E-state index contributed by atoms with van der Waals surface area (Å²) in [5.74, 6) is -0.112. The molecule has 0 saturated carbocycles. The molecule has 3 rings (SSSR count). The third-order valence-corrected chi connectivity index (χ3v) is 4.92. The van der Waals surface area contributed by atoms with Crippen LogP contribution in [0.15, 0.2) is 35.5 Å². The summed E-state index contributed by atoms with van der Waals surface area (Å²) < 4.78 is 3.03. The van der Waals surface area contributed by atoms with Gasteiger partial charge in [0.05, 0.1) is 10.6 Å². The number of thioether (sulfide) groups is 1. The van der Waals surface area contributed by atoms with E-state index < -0.39 is 5.97 Å². The number of carboxylic acids is 1. The summed E-state index contributed by atoms with van der Waals surface area (Å²) in [7, 11) is 1.85. The lowest BCUT2D eigenvalue weighted by Crippen LogP contribution is -2.00. The smallest absolute Gasteiger partial charge is 0.313 e. The van der Waals surface area contributed by atoms with Crippen LogP contribution in [-0.4, -0.2) is 31.6 Å². The molecular formula is C13H11N3O2S2. The van der Waals surface area contributed by atoms with Crippen molar-refractivity contribution in [3.63, 3.8) is 0 Å². The lowest BCUT2D eigenvalue weighted by Gasteiger charge is -2.00. The van der Waals surface area contributed by atoms with Crippen LogP contribution in [0.25, 0.3) is 20.8 Å². The third-order valence-electron chi connectivity index (χ3n) is 2.81. The minimum absolute atomic E-state index is 0.0155. The standard InChI is InChI=1S/C13H11N3O2S2/c1-16-12(14-15-13(16)19-7-11(17)18)10-6-8-4-2-3-5-9(8)20-10/h2-6H,7H2,1H3,(H,17,18). The zero-order valence-corrected chi connectivity index (χ0v) is 12.2. The molecule has 1 N–H and O–H groups in total. The van der Waals surface area contributed by atoms with E-state index >= 15 is 0 Å². The molecule has 3 aromatic rings. The first-order chi connectivity index (χ1) is 9.65. The topological polar surface area (TPSA) is 68.0 Å². The van der Waals surface area contributed by atoms with E-state index in [4.69, 9.17) is 5.11 Å². The Morgan fingerprint density at radius 3 is 2.95 bits per heavy atom. The Morgan fingerprint density at radius 1 is 1.40 bits per heavy atom. The number of carboxylic acid groups (broad SMARTS) is 1. The molecule has 0 saturated heterocycles. The second kappa shape index (κ2) is 5.26. The fourth-order valence-corrected chi connectivity index (χ4v) is 3.59. The van der Waals surface area contributed by atoms with Gasteiger partial charge in [-0.2, -0.15) is 0 Å². The molecule has 7 heteroatoms. The Kier molecular flexibility index (Phi) is 3.45. The van der Waals surface area contributed by atoms with Gasteiger partial charge in [-0.1, -0.05) is 30.0 Å². The van der Waals surface area contributed by atoms with Gasteiger partial charge in [-0.3, -0.25) is 4.79 Å². The maximum Gasteiger partial charge on any atom is 0.313 e. The van der Waals surface area contributed by atoms with Gasteiger partial charge in [0.15, 0.2) is 11.0 Å². The number of benzene rings is 1. The number of carbonyl (C=O) groups is 1. The summed E-state index contributed by atoms with van der Waals surface area (Å²) in [5.41, 5.74) is 0. The van der Waals surface area contributed by atoms with E-state index in [-0.39, 0.29) is 5.75 Å². The average molecular weight is 305 g/mol. The lowest BCUT2D eigenvalue weighted by molar-refractivity contribution is -0.133. The lowest BCUT2D eigenvalue weighted by atomic mass is 10.2. The van der Waals surface area contributed by atoms with Gasteiger partial charge in [-0.25, -0.2) is 0 Å². The number of aromatic nitrogens is 3. The Morgan fingerprint density at radius 2 is 2.20 bits per heavy atom. The highest BCUT2D eigenvalue weighted by molar-refractivity contribution is 7.99. The van der Waals surface area contributed by atoms with Crippen LogP contribution >= 0.6 is 23.1 Å². The van der Waals surface area contributed by atoms with Gasteiger partial charge >= 0.3 is 5.97 Å². The van der Waals surface area contributed by atoms with Gasteiger partial charge in [0.2, 0.25) is 0 Å². The molecule has 5 nitrogen and oxygen atoms in total. The van der Waals surface area contributed by atoms with Crippen LogP contribution < -0.4 is 0 Å². The molecule has 0 spiro atoms. The van der Waals surface area contributed by atoms with Gasteiger partial charge in [0.25, 0.3) is 0 Å². The van der Waals surface area contributed by atoms with E-state index in [1.807, 2.05) is 23.7 Å². The predicted molar refractivity (Wildman–Crippen MR) is 80.2 cm³/mol. The summed E-state index contributed by atoms with van der Waals surface area (Å²) in [6.45, 7) is 0. The molecule has 0 aliphatic carbocycles. The van der Waals surface area contributed by atoms with E-state index in [0.717, 1.165) is 10.7 Å². The quantitative estimate of drug-likeness (QED) is 0.751. The summed E-state index contributed by atoms with van der Waals surface area (Å²) in [6.07, 6.45) is 0. The first-order valence-electron chi connectivity index (χ1n) is 5.88. The SMILES string of the molecule is Cn1c(SCC(=O)O)nnc1-c1cc2ccccc2s1. The van der Waals surface area contributed by atoms with Gasteiger partial charge in [0.1, 0.15) is 0 Å². The molecule has 2 aromatic heterocycles. The second-order valence-electron chi connectivity index (χ2n) is 4.20. The normalized spacial score (nSPS) is 11.1. The molecule has 2 heterocycles. The average Bonchev–Trinajstić information content (AvgIpc) is 2.99. The summed E-state index contributed by atoms with van der Waals surface area (Å²) >= 11 is 2.83. The van der Waals surface area contributed by atoms with Crippen molar-refractivity contribution in [3.8, 4) is 10.7 Å². The monoisotopic (exact) mass is 305 g/mol. The zero-order chi connectivity index (χ0) is 14.1. The maximum absolute atomic E-state index is 10.6. The fraction of sp³-hybridized carbons (Fsp3) is 0.154. The van der Waals surface area contributed by atoms with Gasteiger partial charge < -0.3 is 9.67 Å². The van der Waals surface area contributed by atoms with Crippen molar-refractivity contribution in [2.75, 3.05) is 5.75 Å². The molecule has 0 aliphatic heterocycles. The van der Waals surface area contributed by atoms with E-state index in [1.54, 1.807) is 11.3 Å². The highest BCUT2D eigenvalue weighted by Gasteiger charge is 2.14. The molecule has 0 aliphatic rings. The van der Waals surface area contributed by atoms with Crippen LogP contribution in [0, 0.1) is 0 Å². The van der Waals surface area contributed by atoms with Crippen LogP contribution in [0.2, 0.25) is 0 Å². The minimum Gasteiger partial charge on any atom is -0.481 e. The second-order valence-corrected chi connectivity index (χ2v) is 6.22. The van der Waals surface area contributed by atoms with E-state index in [1.165, 1.54) is 21.8 Å². The molecule has 1 aromatic carbocycles. The molecule has 0 unspecified atom stereocenters. The van der Waals surface area contributed by atoms with Crippen molar-refractivity contribution in [2.24, 2.45) is 7.05 Å². The van der Waals surface area contributed by atoms with Crippen LogP contribution in [-0.2, 0) is 11.8 Å². The zero-order valence-electron chi connectivity index (χ0n) is 10.6. The maximum atomic E-state index is 10.6. The summed E-state index contributed by atoms with van der Waals surface area (Å²) in [5, 5.41) is 18.7. The molecule has 20 heavy (non-hydrogen) atoms. The number of thiophene rings is 1. The fourth-order valence-electron chi connectivity index (χ4n) is 1.87. The molecule has 0 atom stereocenters. The Bertz CT molecular complexity index is 746. The van der Waals surface area contributed by atoms with Gasteiger partial charge in [-0.05, 0) is 17.5 Å². The summed E-state index contributed by atoms with van der Waals surface area (Å²) in [4.78, 5) is 11.6. The highest BCUT2D eigenvalue weighted by Crippen LogP contribution is 2.33. The Labute approximate surface area is 123 Å². The molecular weight excluding hydrogens is 294 g/mol. The van der Waals surface area contributed by atoms with Crippen molar-refractivity contribution < 1.29 is 9.90 Å². The van der Waals surface area contributed by atoms with Crippen molar-refractivity contribution in [2.45, 2.75) is 5.16 Å². The number of hydrogen-bond donors (Lipinski definition) is 1. The van der Waals surface area contributed by atoms with E-state index in [2.05, 4.69) is 28.4 Å². The van der Waals surface area contributed by atoms with Crippen LogP contribution in [0.4, 0.5) is 0 Å². The number of rotatable bonds is 4. The molecule has 0 radical (unpaired) electrons. The minimum atomic E-state index is -0.860. The molecule has 0 bridgehead atoms.